The van der Waals surface area contributed by atoms with Gasteiger partial charge in [-0.25, -0.2) is 0 Å². The summed E-state index contributed by atoms with van der Waals surface area (Å²) in [7, 11) is 0. The van der Waals surface area contributed by atoms with Crippen molar-refractivity contribution in [2.75, 3.05) is 24.5 Å². The zero-order valence-electron chi connectivity index (χ0n) is 12.9. The molecular formula is C17H21N3O2. The Balaban J connectivity index is 1.91. The number of anilines is 1. The van der Waals surface area contributed by atoms with E-state index in [0.29, 0.717) is 12.1 Å². The number of hydrogen-bond acceptors (Lipinski definition) is 3. The predicted octanol–water partition coefficient (Wildman–Crippen LogP) is 1.94. The van der Waals surface area contributed by atoms with Gasteiger partial charge in [-0.05, 0) is 31.5 Å². The van der Waals surface area contributed by atoms with Gasteiger partial charge in [0.2, 0.25) is 5.56 Å². The van der Waals surface area contributed by atoms with Gasteiger partial charge in [-0.1, -0.05) is 18.2 Å². The Morgan fingerprint density at radius 1 is 1.23 bits per heavy atom. The van der Waals surface area contributed by atoms with Crippen molar-refractivity contribution in [3.05, 3.63) is 64.1 Å². The molecule has 2 rings (SSSR count). The molecule has 0 saturated heterocycles. The molecule has 0 fully saturated rings. The first kappa shape index (κ1) is 15.8. The highest BCUT2D eigenvalue weighted by atomic mass is 16.1. The van der Waals surface area contributed by atoms with Crippen LogP contribution in [-0.2, 0) is 0 Å². The average molecular weight is 299 g/mol. The molecule has 1 amide bonds. The number of para-hydroxylation sites is 1. The topological polar surface area (TPSA) is 65.2 Å². The maximum atomic E-state index is 12.0. The largest absolute Gasteiger partial charge is 0.370 e. The van der Waals surface area contributed by atoms with Gasteiger partial charge in [-0.15, -0.1) is 0 Å². The summed E-state index contributed by atoms with van der Waals surface area (Å²) in [5.41, 5.74) is 2.64. The number of nitrogens with one attached hydrogen (secondary N) is 2. The van der Waals surface area contributed by atoms with Gasteiger partial charge in [0.25, 0.3) is 5.91 Å². The van der Waals surface area contributed by atoms with E-state index in [0.717, 1.165) is 13.1 Å². The van der Waals surface area contributed by atoms with Crippen LogP contribution in [0.25, 0.3) is 0 Å². The molecule has 5 heteroatoms. The zero-order valence-corrected chi connectivity index (χ0v) is 12.9. The third kappa shape index (κ3) is 3.97. The molecule has 0 saturated carbocycles. The number of rotatable bonds is 6. The lowest BCUT2D eigenvalue weighted by Crippen LogP contribution is -2.35. The van der Waals surface area contributed by atoms with Crippen LogP contribution in [0.2, 0.25) is 0 Å². The van der Waals surface area contributed by atoms with Crippen molar-refractivity contribution in [3.63, 3.8) is 0 Å². The van der Waals surface area contributed by atoms with E-state index in [9.17, 15) is 9.59 Å². The van der Waals surface area contributed by atoms with Crippen molar-refractivity contribution in [1.29, 1.82) is 0 Å². The van der Waals surface area contributed by atoms with E-state index in [-0.39, 0.29) is 11.5 Å². The molecule has 0 aliphatic rings. The molecule has 0 radical (unpaired) electrons. The van der Waals surface area contributed by atoms with Crippen LogP contribution in [0.15, 0.2) is 47.4 Å². The lowest BCUT2D eigenvalue weighted by atomic mass is 10.2. The van der Waals surface area contributed by atoms with Gasteiger partial charge < -0.3 is 15.2 Å². The van der Waals surface area contributed by atoms with Gasteiger partial charge in [0.15, 0.2) is 0 Å². The number of aromatic amines is 1. The second-order valence-electron chi connectivity index (χ2n) is 5.06. The first-order valence-electron chi connectivity index (χ1n) is 7.39. The minimum Gasteiger partial charge on any atom is -0.370 e. The Morgan fingerprint density at radius 2 is 2.00 bits per heavy atom. The number of H-pyrrole nitrogens is 1. The van der Waals surface area contributed by atoms with Crippen molar-refractivity contribution in [3.8, 4) is 0 Å². The predicted molar refractivity (Wildman–Crippen MR) is 88.5 cm³/mol. The smallest absolute Gasteiger partial charge is 0.252 e. The standard InChI is InChI=1S/C17H21N3O2/c1-3-20(15-7-5-4-6-13(15)2)11-10-18-17(22)14-8-9-16(21)19-12-14/h4-9,12H,3,10-11H2,1-2H3,(H,18,22)(H,19,21). The second-order valence-corrected chi connectivity index (χ2v) is 5.06. The van der Waals surface area contributed by atoms with Crippen LogP contribution in [0.5, 0.6) is 0 Å². The molecule has 116 valence electrons. The molecule has 0 spiro atoms. The summed E-state index contributed by atoms with van der Waals surface area (Å²) in [6.07, 6.45) is 1.43. The fourth-order valence-corrected chi connectivity index (χ4v) is 2.33. The Hall–Kier alpha value is -2.56. The number of nitrogens with zero attached hydrogens (tertiary/aromatic N) is 1. The molecule has 22 heavy (non-hydrogen) atoms. The number of carbonyl (C=O) groups is 1. The number of hydrogen-bond donors (Lipinski definition) is 2. The summed E-state index contributed by atoms with van der Waals surface area (Å²) in [5.74, 6) is -0.183. The fraction of sp³-hybridized carbons (Fsp3) is 0.294. The summed E-state index contributed by atoms with van der Waals surface area (Å²) < 4.78 is 0. The van der Waals surface area contributed by atoms with Crippen LogP contribution in [0.3, 0.4) is 0 Å². The van der Waals surface area contributed by atoms with E-state index in [4.69, 9.17) is 0 Å². The van der Waals surface area contributed by atoms with Crippen LogP contribution in [-0.4, -0.2) is 30.5 Å². The van der Waals surface area contributed by atoms with E-state index >= 15 is 0 Å². The van der Waals surface area contributed by atoms with Crippen molar-refractivity contribution >= 4 is 11.6 Å². The molecule has 1 aromatic carbocycles. The van der Waals surface area contributed by atoms with Gasteiger partial charge in [0, 0.05) is 37.6 Å². The third-order valence-electron chi connectivity index (χ3n) is 3.55. The lowest BCUT2D eigenvalue weighted by Gasteiger charge is -2.25. The maximum Gasteiger partial charge on any atom is 0.252 e. The number of likely N-dealkylation sites (N-methyl/N-ethyl adjacent to an activating group) is 1. The number of amides is 1. The molecule has 5 nitrogen and oxygen atoms in total. The number of aryl methyl sites for hydroxylation is 1. The summed E-state index contributed by atoms with van der Waals surface area (Å²) in [6.45, 7) is 6.32. The van der Waals surface area contributed by atoms with Gasteiger partial charge in [-0.3, -0.25) is 9.59 Å². The van der Waals surface area contributed by atoms with Crippen LogP contribution in [0.1, 0.15) is 22.8 Å². The number of pyridine rings is 1. The Kier molecular flexibility index (Phi) is 5.36. The SMILES string of the molecule is CCN(CCNC(=O)c1ccc(=O)[nH]c1)c1ccccc1C. The quantitative estimate of drug-likeness (QED) is 0.856. The van der Waals surface area contributed by atoms with E-state index < -0.39 is 0 Å². The molecule has 2 aromatic rings. The number of carbonyl (C=O) groups excluding carboxylic acids is 1. The highest BCUT2D eigenvalue weighted by Crippen LogP contribution is 2.18. The summed E-state index contributed by atoms with van der Waals surface area (Å²) >= 11 is 0. The van der Waals surface area contributed by atoms with E-state index in [1.165, 1.54) is 29.6 Å². The minimum absolute atomic E-state index is 0.183. The molecule has 1 heterocycles. The van der Waals surface area contributed by atoms with Gasteiger partial charge >= 0.3 is 0 Å². The Morgan fingerprint density at radius 3 is 2.64 bits per heavy atom. The molecule has 2 N–H and O–H groups in total. The second kappa shape index (κ2) is 7.45. The van der Waals surface area contributed by atoms with Crippen LogP contribution in [0, 0.1) is 6.92 Å². The lowest BCUT2D eigenvalue weighted by molar-refractivity contribution is 0.0954. The van der Waals surface area contributed by atoms with Crippen LogP contribution >= 0.6 is 0 Å². The Bertz CT molecular complexity index is 674. The van der Waals surface area contributed by atoms with E-state index in [1.54, 1.807) is 0 Å². The van der Waals surface area contributed by atoms with Crippen LogP contribution in [0.4, 0.5) is 5.69 Å². The van der Waals surface area contributed by atoms with Gasteiger partial charge in [0.1, 0.15) is 0 Å². The van der Waals surface area contributed by atoms with Crippen LogP contribution < -0.4 is 15.8 Å². The summed E-state index contributed by atoms with van der Waals surface area (Å²) in [5, 5.41) is 2.87. The van der Waals surface area contributed by atoms with E-state index in [2.05, 4.69) is 41.2 Å². The maximum absolute atomic E-state index is 12.0. The highest BCUT2D eigenvalue weighted by molar-refractivity contribution is 5.93. The summed E-state index contributed by atoms with van der Waals surface area (Å²) in [4.78, 5) is 27.7. The normalized spacial score (nSPS) is 10.3. The molecule has 0 unspecified atom stereocenters. The van der Waals surface area contributed by atoms with Gasteiger partial charge in [-0.2, -0.15) is 0 Å². The molecular weight excluding hydrogens is 278 g/mol. The molecule has 0 atom stereocenters. The molecule has 0 aliphatic carbocycles. The van der Waals surface area contributed by atoms with Gasteiger partial charge in [0.05, 0.1) is 5.56 Å². The molecule has 0 bridgehead atoms. The Labute approximate surface area is 130 Å². The first-order valence-corrected chi connectivity index (χ1v) is 7.39. The monoisotopic (exact) mass is 299 g/mol. The first-order chi connectivity index (χ1) is 10.6. The average Bonchev–Trinajstić information content (AvgIpc) is 2.53. The minimum atomic E-state index is -0.215. The van der Waals surface area contributed by atoms with Crippen molar-refractivity contribution in [1.82, 2.24) is 10.3 Å². The highest BCUT2D eigenvalue weighted by Gasteiger charge is 2.08. The fourth-order valence-electron chi connectivity index (χ4n) is 2.33. The number of benzene rings is 1. The molecule has 1 aromatic heterocycles. The third-order valence-corrected chi connectivity index (χ3v) is 3.55. The van der Waals surface area contributed by atoms with Crippen molar-refractivity contribution < 1.29 is 4.79 Å². The summed E-state index contributed by atoms with van der Waals surface area (Å²) in [6, 6.07) is 11.1. The van der Waals surface area contributed by atoms with Crippen molar-refractivity contribution in [2.24, 2.45) is 0 Å². The van der Waals surface area contributed by atoms with Crippen molar-refractivity contribution in [2.45, 2.75) is 13.8 Å². The molecule has 0 aliphatic heterocycles. The van der Waals surface area contributed by atoms with E-state index in [1.807, 2.05) is 12.1 Å². The number of aromatic nitrogens is 1. The zero-order chi connectivity index (χ0) is 15.9.